The molecule has 2 N–H and O–H groups in total. The summed E-state index contributed by atoms with van der Waals surface area (Å²) in [7, 11) is 0. The van der Waals surface area contributed by atoms with Crippen molar-refractivity contribution in [2.75, 3.05) is 0 Å². The number of esters is 1. The number of rotatable bonds is 11. The standard InChI is InChI=1S/C14H28O4.Na.H/c1-3-4-5-6-7-8-9-10-11-13(16)14(17)18-12(2)15;;/h13-14,16-17H,3-11H2,1-2H3;;/q;+1;-1. The Kier molecular flexibility index (Phi) is 16.9. The molecule has 0 amide bonds. The van der Waals surface area contributed by atoms with E-state index in [0.717, 1.165) is 12.8 Å². The summed E-state index contributed by atoms with van der Waals surface area (Å²) in [6.07, 6.45) is 7.61. The molecule has 0 aliphatic carbocycles. The van der Waals surface area contributed by atoms with Gasteiger partial charge in [0, 0.05) is 6.92 Å². The number of hydrogen-bond acceptors (Lipinski definition) is 4. The molecule has 0 aromatic rings. The second-order valence-corrected chi connectivity index (χ2v) is 4.83. The largest absolute Gasteiger partial charge is 1.00 e. The molecule has 5 heteroatoms. The molecule has 0 spiro atoms. The predicted octanol–water partition coefficient (Wildman–Crippen LogP) is -0.124. The van der Waals surface area contributed by atoms with E-state index >= 15 is 0 Å². The third-order valence-corrected chi connectivity index (χ3v) is 2.97. The van der Waals surface area contributed by atoms with Crippen LogP contribution in [-0.2, 0) is 9.53 Å². The molecule has 2 atom stereocenters. The molecule has 2 unspecified atom stereocenters. The van der Waals surface area contributed by atoms with Gasteiger partial charge >= 0.3 is 35.5 Å². The molecule has 0 saturated carbocycles. The molecule has 110 valence electrons. The summed E-state index contributed by atoms with van der Waals surface area (Å²) in [5, 5.41) is 18.8. The van der Waals surface area contributed by atoms with Crippen LogP contribution in [-0.4, -0.2) is 28.6 Å². The average Bonchev–Trinajstić information content (AvgIpc) is 2.31. The second-order valence-electron chi connectivity index (χ2n) is 4.83. The molecule has 0 aliphatic heterocycles. The van der Waals surface area contributed by atoms with Crippen LogP contribution in [0, 0.1) is 0 Å². The number of unbranched alkanes of at least 4 members (excludes halogenated alkanes) is 7. The van der Waals surface area contributed by atoms with Crippen LogP contribution < -0.4 is 29.6 Å². The Labute approximate surface area is 140 Å². The Bertz CT molecular complexity index is 217. The van der Waals surface area contributed by atoms with Crippen LogP contribution in [0.3, 0.4) is 0 Å². The first-order valence-corrected chi connectivity index (χ1v) is 7.11. The monoisotopic (exact) mass is 284 g/mol. The normalized spacial score (nSPS) is 13.5. The van der Waals surface area contributed by atoms with Crippen LogP contribution in [0.5, 0.6) is 0 Å². The van der Waals surface area contributed by atoms with Crippen molar-refractivity contribution in [3.05, 3.63) is 0 Å². The molecule has 0 aliphatic rings. The van der Waals surface area contributed by atoms with Crippen LogP contribution in [0.2, 0.25) is 0 Å². The summed E-state index contributed by atoms with van der Waals surface area (Å²) < 4.78 is 4.50. The van der Waals surface area contributed by atoms with Crippen LogP contribution in [0.1, 0.15) is 73.1 Å². The van der Waals surface area contributed by atoms with Gasteiger partial charge in [0.15, 0.2) is 0 Å². The fourth-order valence-electron chi connectivity index (χ4n) is 1.88. The first kappa shape index (κ1) is 21.7. The maximum atomic E-state index is 10.6. The van der Waals surface area contributed by atoms with Crippen molar-refractivity contribution in [3.8, 4) is 0 Å². The van der Waals surface area contributed by atoms with E-state index in [0.29, 0.717) is 6.42 Å². The summed E-state index contributed by atoms with van der Waals surface area (Å²) in [6, 6.07) is 0. The van der Waals surface area contributed by atoms with Crippen molar-refractivity contribution in [1.82, 2.24) is 0 Å². The Balaban J connectivity index is -0.00000144. The smallest absolute Gasteiger partial charge is 1.00 e. The molecule has 0 fully saturated rings. The third kappa shape index (κ3) is 14.6. The summed E-state index contributed by atoms with van der Waals surface area (Å²) in [5.74, 6) is -0.572. The van der Waals surface area contributed by atoms with Gasteiger partial charge in [0.25, 0.3) is 0 Å². The zero-order valence-electron chi connectivity index (χ0n) is 13.7. The number of hydrogen-bond donors (Lipinski definition) is 2. The fraction of sp³-hybridized carbons (Fsp3) is 0.929. The first-order valence-electron chi connectivity index (χ1n) is 7.11. The molecule has 0 radical (unpaired) electrons. The van der Waals surface area contributed by atoms with Gasteiger partial charge in [-0.05, 0) is 6.42 Å². The minimum Gasteiger partial charge on any atom is -1.00 e. The molecule has 0 saturated heterocycles. The molecular formula is C14H29NaO4. The Hall–Kier alpha value is 0.390. The molecule has 0 aromatic heterocycles. The molecule has 0 aromatic carbocycles. The Morgan fingerprint density at radius 1 is 1.05 bits per heavy atom. The zero-order valence-corrected chi connectivity index (χ0v) is 14.7. The van der Waals surface area contributed by atoms with E-state index in [-0.39, 0.29) is 31.0 Å². The van der Waals surface area contributed by atoms with E-state index in [9.17, 15) is 15.0 Å². The molecule has 19 heavy (non-hydrogen) atoms. The number of carbonyl (C=O) groups excluding carboxylic acids is 1. The molecule has 4 nitrogen and oxygen atoms in total. The van der Waals surface area contributed by atoms with E-state index < -0.39 is 18.4 Å². The van der Waals surface area contributed by atoms with Crippen molar-refractivity contribution < 1.29 is 50.7 Å². The van der Waals surface area contributed by atoms with E-state index in [1.165, 1.54) is 45.4 Å². The maximum absolute atomic E-state index is 10.6. The van der Waals surface area contributed by atoms with E-state index in [4.69, 9.17) is 0 Å². The number of aliphatic hydroxyl groups is 2. The fourth-order valence-corrected chi connectivity index (χ4v) is 1.88. The third-order valence-electron chi connectivity index (χ3n) is 2.97. The van der Waals surface area contributed by atoms with Crippen LogP contribution in [0.15, 0.2) is 0 Å². The van der Waals surface area contributed by atoms with Gasteiger partial charge in [0.05, 0.1) is 0 Å². The summed E-state index contributed by atoms with van der Waals surface area (Å²) in [6.45, 7) is 3.42. The maximum Gasteiger partial charge on any atom is 1.00 e. The van der Waals surface area contributed by atoms with Gasteiger partial charge in [-0.15, -0.1) is 0 Å². The zero-order chi connectivity index (χ0) is 13.8. The number of carbonyl (C=O) groups is 1. The molecule has 0 rings (SSSR count). The number of ether oxygens (including phenoxy) is 1. The van der Waals surface area contributed by atoms with E-state index in [1.807, 2.05) is 0 Å². The predicted molar refractivity (Wildman–Crippen MR) is 72.1 cm³/mol. The topological polar surface area (TPSA) is 66.8 Å². The average molecular weight is 284 g/mol. The van der Waals surface area contributed by atoms with E-state index in [2.05, 4.69) is 11.7 Å². The molecule has 0 bridgehead atoms. The van der Waals surface area contributed by atoms with Crippen LogP contribution in [0.25, 0.3) is 0 Å². The van der Waals surface area contributed by atoms with Gasteiger partial charge in [-0.2, -0.15) is 0 Å². The second kappa shape index (κ2) is 14.8. The SMILES string of the molecule is CCCCCCCCCCC(O)C(O)OC(C)=O.[H-].[Na+]. The van der Waals surface area contributed by atoms with E-state index in [1.54, 1.807) is 0 Å². The minimum absolute atomic E-state index is 0. The molecular weight excluding hydrogens is 255 g/mol. The van der Waals surface area contributed by atoms with Gasteiger partial charge in [0.1, 0.15) is 6.10 Å². The summed E-state index contributed by atoms with van der Waals surface area (Å²) >= 11 is 0. The Morgan fingerprint density at radius 3 is 2.00 bits per heavy atom. The van der Waals surface area contributed by atoms with Gasteiger partial charge in [-0.25, -0.2) is 0 Å². The van der Waals surface area contributed by atoms with Crippen LogP contribution >= 0.6 is 0 Å². The van der Waals surface area contributed by atoms with Crippen molar-refractivity contribution in [1.29, 1.82) is 0 Å². The Morgan fingerprint density at radius 2 is 1.53 bits per heavy atom. The van der Waals surface area contributed by atoms with Crippen molar-refractivity contribution in [2.24, 2.45) is 0 Å². The first-order chi connectivity index (χ1) is 8.57. The summed E-state index contributed by atoms with van der Waals surface area (Å²) in [5.41, 5.74) is 0. The van der Waals surface area contributed by atoms with Gasteiger partial charge < -0.3 is 16.4 Å². The molecule has 0 heterocycles. The summed E-state index contributed by atoms with van der Waals surface area (Å²) in [4.78, 5) is 10.6. The van der Waals surface area contributed by atoms with Gasteiger partial charge in [0.2, 0.25) is 6.29 Å². The van der Waals surface area contributed by atoms with Crippen molar-refractivity contribution in [2.45, 2.75) is 84.0 Å². The van der Waals surface area contributed by atoms with Gasteiger partial charge in [-0.1, -0.05) is 58.3 Å². The van der Waals surface area contributed by atoms with Crippen molar-refractivity contribution >= 4 is 5.97 Å². The van der Waals surface area contributed by atoms with Crippen molar-refractivity contribution in [3.63, 3.8) is 0 Å². The van der Waals surface area contributed by atoms with Gasteiger partial charge in [-0.3, -0.25) is 4.79 Å². The number of aliphatic hydroxyl groups excluding tert-OH is 2. The quantitative estimate of drug-likeness (QED) is 0.240. The van der Waals surface area contributed by atoms with Crippen LogP contribution in [0.4, 0.5) is 0 Å². The minimum atomic E-state index is -1.38.